The minimum absolute atomic E-state index is 0.217. The SMILES string of the molecule is CC(C)(C)OC(=O)N1CCc2c(csc2Br)C1. The molecule has 2 rings (SSSR count). The summed E-state index contributed by atoms with van der Waals surface area (Å²) in [7, 11) is 0. The summed E-state index contributed by atoms with van der Waals surface area (Å²) >= 11 is 5.23. The van der Waals surface area contributed by atoms with Gasteiger partial charge in [-0.05, 0) is 59.6 Å². The van der Waals surface area contributed by atoms with Crippen molar-refractivity contribution in [3.63, 3.8) is 0 Å². The second-order valence-corrected chi connectivity index (χ2v) is 7.36. The van der Waals surface area contributed by atoms with Gasteiger partial charge in [-0.1, -0.05) is 0 Å². The van der Waals surface area contributed by atoms with E-state index in [4.69, 9.17) is 4.74 Å². The first-order chi connectivity index (χ1) is 7.87. The van der Waals surface area contributed by atoms with E-state index in [0.717, 1.165) is 13.0 Å². The second-order valence-electron chi connectivity index (χ2n) is 5.17. The van der Waals surface area contributed by atoms with E-state index >= 15 is 0 Å². The molecule has 1 aromatic rings. The topological polar surface area (TPSA) is 29.5 Å². The number of hydrogen-bond acceptors (Lipinski definition) is 3. The van der Waals surface area contributed by atoms with Crippen LogP contribution >= 0.6 is 27.3 Å². The third-order valence-corrected chi connectivity index (χ3v) is 4.47. The molecule has 0 saturated heterocycles. The van der Waals surface area contributed by atoms with Crippen molar-refractivity contribution >= 4 is 33.4 Å². The minimum Gasteiger partial charge on any atom is -0.444 e. The van der Waals surface area contributed by atoms with Crippen LogP contribution in [-0.2, 0) is 17.7 Å². The summed E-state index contributed by atoms with van der Waals surface area (Å²) in [6.45, 7) is 7.06. The molecule has 2 heterocycles. The molecule has 94 valence electrons. The second kappa shape index (κ2) is 4.61. The van der Waals surface area contributed by atoms with Gasteiger partial charge in [0.2, 0.25) is 0 Å². The first-order valence-electron chi connectivity index (χ1n) is 5.59. The van der Waals surface area contributed by atoms with E-state index in [1.165, 1.54) is 14.9 Å². The van der Waals surface area contributed by atoms with Crippen molar-refractivity contribution in [3.8, 4) is 0 Å². The van der Waals surface area contributed by atoms with E-state index in [2.05, 4.69) is 21.3 Å². The van der Waals surface area contributed by atoms with Crippen LogP contribution in [0.5, 0.6) is 0 Å². The van der Waals surface area contributed by atoms with Crippen LogP contribution in [0.2, 0.25) is 0 Å². The molecule has 0 radical (unpaired) electrons. The van der Waals surface area contributed by atoms with Crippen LogP contribution in [0.15, 0.2) is 9.17 Å². The van der Waals surface area contributed by atoms with Crippen molar-refractivity contribution in [2.75, 3.05) is 6.54 Å². The fourth-order valence-electron chi connectivity index (χ4n) is 1.80. The molecule has 1 aliphatic rings. The van der Waals surface area contributed by atoms with Gasteiger partial charge in [-0.2, -0.15) is 0 Å². The monoisotopic (exact) mass is 317 g/mol. The molecule has 1 amide bonds. The highest BCUT2D eigenvalue weighted by atomic mass is 79.9. The molecule has 0 bridgehead atoms. The van der Waals surface area contributed by atoms with Crippen molar-refractivity contribution in [2.45, 2.75) is 39.3 Å². The summed E-state index contributed by atoms with van der Waals surface area (Å²) in [6.07, 6.45) is 0.684. The molecule has 17 heavy (non-hydrogen) atoms. The first kappa shape index (κ1) is 12.9. The number of thiophene rings is 1. The molecule has 1 aliphatic heterocycles. The molecule has 1 aromatic heterocycles. The summed E-state index contributed by atoms with van der Waals surface area (Å²) in [5, 5.41) is 2.11. The Balaban J connectivity index is 2.05. The predicted molar refractivity (Wildman–Crippen MR) is 72.4 cm³/mol. The molecular weight excluding hydrogens is 302 g/mol. The number of halogens is 1. The predicted octanol–water partition coefficient (Wildman–Crippen LogP) is 3.80. The van der Waals surface area contributed by atoms with Crippen molar-refractivity contribution in [2.24, 2.45) is 0 Å². The molecule has 0 atom stereocenters. The maximum atomic E-state index is 11.9. The molecule has 0 aliphatic carbocycles. The fraction of sp³-hybridized carbons (Fsp3) is 0.583. The van der Waals surface area contributed by atoms with Gasteiger partial charge in [-0.15, -0.1) is 11.3 Å². The van der Waals surface area contributed by atoms with E-state index < -0.39 is 5.60 Å². The fourth-order valence-corrected chi connectivity index (χ4v) is 3.37. The average Bonchev–Trinajstić information content (AvgIpc) is 2.57. The molecule has 3 nitrogen and oxygen atoms in total. The van der Waals surface area contributed by atoms with Crippen molar-refractivity contribution in [1.29, 1.82) is 0 Å². The van der Waals surface area contributed by atoms with Crippen molar-refractivity contribution in [1.82, 2.24) is 4.90 Å². The lowest BCUT2D eigenvalue weighted by molar-refractivity contribution is 0.0224. The number of carbonyl (C=O) groups is 1. The number of ether oxygens (including phenoxy) is 1. The van der Waals surface area contributed by atoms with Crippen LogP contribution in [0.3, 0.4) is 0 Å². The summed E-state index contributed by atoms with van der Waals surface area (Å²) in [6, 6.07) is 0. The highest BCUT2D eigenvalue weighted by Gasteiger charge is 2.27. The molecule has 0 fully saturated rings. The van der Waals surface area contributed by atoms with E-state index in [1.54, 1.807) is 16.2 Å². The Morgan fingerprint density at radius 3 is 2.88 bits per heavy atom. The number of hydrogen-bond donors (Lipinski definition) is 0. The lowest BCUT2D eigenvalue weighted by atomic mass is 10.1. The van der Waals surface area contributed by atoms with Gasteiger partial charge in [0, 0.05) is 6.54 Å². The maximum Gasteiger partial charge on any atom is 0.410 e. The van der Waals surface area contributed by atoms with Gasteiger partial charge in [-0.25, -0.2) is 4.79 Å². The van der Waals surface area contributed by atoms with Crippen LogP contribution in [0.1, 0.15) is 31.9 Å². The zero-order chi connectivity index (χ0) is 12.6. The Labute approximate surface area is 114 Å². The van der Waals surface area contributed by atoms with E-state index in [0.29, 0.717) is 6.54 Å². The largest absolute Gasteiger partial charge is 0.444 e. The van der Waals surface area contributed by atoms with E-state index in [1.807, 2.05) is 20.8 Å². The molecular formula is C12H16BrNO2S. The van der Waals surface area contributed by atoms with Crippen LogP contribution in [0, 0.1) is 0 Å². The van der Waals surface area contributed by atoms with E-state index in [9.17, 15) is 4.79 Å². The van der Waals surface area contributed by atoms with Crippen molar-refractivity contribution < 1.29 is 9.53 Å². The average molecular weight is 318 g/mol. The van der Waals surface area contributed by atoms with Gasteiger partial charge < -0.3 is 9.64 Å². The summed E-state index contributed by atoms with van der Waals surface area (Å²) in [5.74, 6) is 0. The van der Waals surface area contributed by atoms with Gasteiger partial charge in [-0.3, -0.25) is 0 Å². The number of nitrogens with zero attached hydrogens (tertiary/aromatic N) is 1. The Morgan fingerprint density at radius 2 is 2.24 bits per heavy atom. The van der Waals surface area contributed by atoms with Crippen LogP contribution in [0.25, 0.3) is 0 Å². The zero-order valence-corrected chi connectivity index (χ0v) is 12.7. The summed E-state index contributed by atoms with van der Waals surface area (Å²) in [5.41, 5.74) is 2.15. The maximum absolute atomic E-state index is 11.9. The lowest BCUT2D eigenvalue weighted by Gasteiger charge is -2.30. The number of rotatable bonds is 0. The van der Waals surface area contributed by atoms with Crippen LogP contribution < -0.4 is 0 Å². The zero-order valence-electron chi connectivity index (χ0n) is 10.2. The number of amides is 1. The molecule has 0 saturated carbocycles. The quantitative estimate of drug-likeness (QED) is 0.728. The van der Waals surface area contributed by atoms with Gasteiger partial charge in [0.05, 0.1) is 10.3 Å². The third kappa shape index (κ3) is 3.01. The first-order valence-corrected chi connectivity index (χ1v) is 7.27. The molecule has 0 unspecified atom stereocenters. The standard InChI is InChI=1S/C12H16BrNO2S/c1-12(2,3)16-11(15)14-5-4-9-8(6-14)7-17-10(9)13/h7H,4-6H2,1-3H3. The highest BCUT2D eigenvalue weighted by Crippen LogP contribution is 2.32. The van der Waals surface area contributed by atoms with Crippen LogP contribution in [0.4, 0.5) is 4.79 Å². The lowest BCUT2D eigenvalue weighted by Crippen LogP contribution is -2.39. The van der Waals surface area contributed by atoms with Crippen molar-refractivity contribution in [3.05, 3.63) is 20.3 Å². The normalized spacial score (nSPS) is 15.6. The van der Waals surface area contributed by atoms with Gasteiger partial charge >= 0.3 is 6.09 Å². The molecule has 5 heteroatoms. The van der Waals surface area contributed by atoms with Gasteiger partial charge in [0.25, 0.3) is 0 Å². The number of fused-ring (bicyclic) bond motifs is 1. The third-order valence-electron chi connectivity index (χ3n) is 2.57. The molecule has 0 N–H and O–H groups in total. The Morgan fingerprint density at radius 1 is 1.53 bits per heavy atom. The molecule has 0 spiro atoms. The van der Waals surface area contributed by atoms with Gasteiger partial charge in [0.15, 0.2) is 0 Å². The van der Waals surface area contributed by atoms with E-state index in [-0.39, 0.29) is 6.09 Å². The summed E-state index contributed by atoms with van der Waals surface area (Å²) in [4.78, 5) is 13.7. The van der Waals surface area contributed by atoms with Gasteiger partial charge in [0.1, 0.15) is 5.60 Å². The molecule has 0 aromatic carbocycles. The Bertz CT molecular complexity index is 436. The summed E-state index contributed by atoms with van der Waals surface area (Å²) < 4.78 is 6.57. The highest BCUT2D eigenvalue weighted by molar-refractivity contribution is 9.11. The smallest absolute Gasteiger partial charge is 0.410 e. The Kier molecular flexibility index (Phi) is 3.50. The minimum atomic E-state index is -0.424. The van der Waals surface area contributed by atoms with Crippen LogP contribution in [-0.4, -0.2) is 23.1 Å². The number of carbonyl (C=O) groups excluding carboxylic acids is 1. The Hall–Kier alpha value is -0.550.